The Morgan fingerprint density at radius 1 is 1.50 bits per heavy atom. The van der Waals surface area contributed by atoms with Gasteiger partial charge in [-0.15, -0.1) is 5.10 Å². The minimum absolute atomic E-state index is 0.221. The maximum absolute atomic E-state index is 11.2. The molecule has 0 saturated heterocycles. The number of rotatable bonds is 5. The lowest BCUT2D eigenvalue weighted by atomic mass is 10.3. The maximum Gasteiger partial charge on any atom is 0.343 e. The standard InChI is InChI=1S/C11H15N5OS/c1-3-12-6-8-4-5-9(13-7-8)18-11-15-14-10(17)16(11)2/h4-5,7,12H,3,6H2,1-2H3,(H,14,17). The van der Waals surface area contributed by atoms with Crippen LogP contribution < -0.4 is 11.0 Å². The van der Waals surface area contributed by atoms with E-state index >= 15 is 0 Å². The smallest absolute Gasteiger partial charge is 0.313 e. The van der Waals surface area contributed by atoms with E-state index in [2.05, 4.69) is 27.4 Å². The third kappa shape index (κ3) is 2.99. The highest BCUT2D eigenvalue weighted by Crippen LogP contribution is 2.22. The summed E-state index contributed by atoms with van der Waals surface area (Å²) in [5, 5.41) is 11.0. The number of pyridine rings is 1. The average molecular weight is 265 g/mol. The van der Waals surface area contributed by atoms with E-state index in [-0.39, 0.29) is 5.69 Å². The SMILES string of the molecule is CCNCc1ccc(Sc2n[nH]c(=O)n2C)nc1. The lowest BCUT2D eigenvalue weighted by Crippen LogP contribution is -2.13. The fraction of sp³-hybridized carbons (Fsp3) is 0.364. The normalized spacial score (nSPS) is 10.8. The van der Waals surface area contributed by atoms with E-state index in [1.54, 1.807) is 7.05 Å². The van der Waals surface area contributed by atoms with Crippen molar-refractivity contribution in [3.63, 3.8) is 0 Å². The zero-order chi connectivity index (χ0) is 13.0. The van der Waals surface area contributed by atoms with Gasteiger partial charge in [-0.25, -0.2) is 14.9 Å². The van der Waals surface area contributed by atoms with Crippen molar-refractivity contribution in [2.45, 2.75) is 23.7 Å². The van der Waals surface area contributed by atoms with Gasteiger partial charge >= 0.3 is 5.69 Å². The first-order valence-electron chi connectivity index (χ1n) is 5.65. The predicted octanol–water partition coefficient (Wildman–Crippen LogP) is 0.764. The van der Waals surface area contributed by atoms with E-state index in [9.17, 15) is 4.79 Å². The van der Waals surface area contributed by atoms with Crippen LogP contribution in [0.15, 0.2) is 33.3 Å². The van der Waals surface area contributed by atoms with Gasteiger partial charge in [0.05, 0.1) is 0 Å². The molecule has 0 amide bonds. The monoisotopic (exact) mass is 265 g/mol. The molecule has 7 heteroatoms. The fourth-order valence-electron chi connectivity index (χ4n) is 1.36. The predicted molar refractivity (Wildman–Crippen MR) is 69.6 cm³/mol. The maximum atomic E-state index is 11.2. The van der Waals surface area contributed by atoms with E-state index in [4.69, 9.17) is 0 Å². The van der Waals surface area contributed by atoms with Crippen LogP contribution in [0.25, 0.3) is 0 Å². The number of aromatic amines is 1. The zero-order valence-electron chi connectivity index (χ0n) is 10.3. The van der Waals surface area contributed by atoms with Crippen molar-refractivity contribution in [3.8, 4) is 0 Å². The van der Waals surface area contributed by atoms with E-state index in [0.717, 1.165) is 23.7 Å². The highest BCUT2D eigenvalue weighted by molar-refractivity contribution is 7.99. The summed E-state index contributed by atoms with van der Waals surface area (Å²) in [4.78, 5) is 15.5. The molecular formula is C11H15N5OS. The molecule has 96 valence electrons. The Hall–Kier alpha value is -1.60. The lowest BCUT2D eigenvalue weighted by Gasteiger charge is -2.03. The van der Waals surface area contributed by atoms with Crippen molar-refractivity contribution in [2.24, 2.45) is 7.05 Å². The molecule has 2 heterocycles. The van der Waals surface area contributed by atoms with Crippen LogP contribution >= 0.6 is 11.8 Å². The average Bonchev–Trinajstić information content (AvgIpc) is 2.70. The summed E-state index contributed by atoms with van der Waals surface area (Å²) < 4.78 is 1.46. The molecule has 2 aromatic rings. The second-order valence-electron chi connectivity index (χ2n) is 3.76. The molecule has 0 atom stereocenters. The van der Waals surface area contributed by atoms with Crippen molar-refractivity contribution in [1.29, 1.82) is 0 Å². The van der Waals surface area contributed by atoms with Gasteiger partial charge in [-0.3, -0.25) is 4.57 Å². The highest BCUT2D eigenvalue weighted by atomic mass is 32.2. The van der Waals surface area contributed by atoms with E-state index < -0.39 is 0 Å². The largest absolute Gasteiger partial charge is 0.343 e. The van der Waals surface area contributed by atoms with Crippen LogP contribution in [0.1, 0.15) is 12.5 Å². The Morgan fingerprint density at radius 2 is 2.33 bits per heavy atom. The quantitative estimate of drug-likeness (QED) is 0.835. The summed E-state index contributed by atoms with van der Waals surface area (Å²) in [5.41, 5.74) is 0.915. The Balaban J connectivity index is 2.06. The minimum atomic E-state index is -0.221. The van der Waals surface area contributed by atoms with Crippen LogP contribution in [0, 0.1) is 0 Å². The number of aromatic nitrogens is 4. The molecule has 6 nitrogen and oxygen atoms in total. The number of nitrogens with one attached hydrogen (secondary N) is 2. The molecule has 0 unspecified atom stereocenters. The molecule has 18 heavy (non-hydrogen) atoms. The van der Waals surface area contributed by atoms with Crippen LogP contribution in [-0.2, 0) is 13.6 Å². The van der Waals surface area contributed by atoms with Crippen molar-refractivity contribution in [1.82, 2.24) is 25.1 Å². The van der Waals surface area contributed by atoms with Gasteiger partial charge in [-0.1, -0.05) is 13.0 Å². The first kappa shape index (κ1) is 12.8. The van der Waals surface area contributed by atoms with Gasteiger partial charge in [-0.2, -0.15) is 0 Å². The third-order valence-corrected chi connectivity index (χ3v) is 3.41. The summed E-state index contributed by atoms with van der Waals surface area (Å²) in [7, 11) is 1.67. The molecule has 0 fully saturated rings. The third-order valence-electron chi connectivity index (χ3n) is 2.41. The summed E-state index contributed by atoms with van der Waals surface area (Å²) in [6.07, 6.45) is 1.83. The van der Waals surface area contributed by atoms with Crippen LogP contribution in [0.5, 0.6) is 0 Å². The Morgan fingerprint density at radius 3 is 2.89 bits per heavy atom. The number of hydrogen-bond acceptors (Lipinski definition) is 5. The highest BCUT2D eigenvalue weighted by Gasteiger charge is 2.06. The molecule has 2 N–H and O–H groups in total. The summed E-state index contributed by atoms with van der Waals surface area (Å²) in [5.74, 6) is 0. The van der Waals surface area contributed by atoms with Gasteiger partial charge < -0.3 is 5.32 Å². The number of nitrogens with zero attached hydrogens (tertiary/aromatic N) is 3. The molecule has 0 aliphatic heterocycles. The van der Waals surface area contributed by atoms with Gasteiger partial charge in [0.25, 0.3) is 0 Å². The molecular weight excluding hydrogens is 250 g/mol. The van der Waals surface area contributed by atoms with Crippen molar-refractivity contribution >= 4 is 11.8 Å². The molecule has 0 bridgehead atoms. The van der Waals surface area contributed by atoms with Crippen molar-refractivity contribution in [2.75, 3.05) is 6.54 Å². The van der Waals surface area contributed by atoms with Gasteiger partial charge in [0.2, 0.25) is 0 Å². The first-order valence-corrected chi connectivity index (χ1v) is 6.47. The van der Waals surface area contributed by atoms with Crippen molar-refractivity contribution < 1.29 is 0 Å². The van der Waals surface area contributed by atoms with Gasteiger partial charge in [0.1, 0.15) is 5.03 Å². The topological polar surface area (TPSA) is 75.6 Å². The van der Waals surface area contributed by atoms with Crippen LogP contribution in [-0.4, -0.2) is 26.3 Å². The van der Waals surface area contributed by atoms with Crippen LogP contribution in [0.3, 0.4) is 0 Å². The molecule has 0 spiro atoms. The molecule has 0 aliphatic rings. The number of hydrogen-bond donors (Lipinski definition) is 2. The summed E-state index contributed by atoms with van der Waals surface area (Å²) in [6, 6.07) is 3.94. The van der Waals surface area contributed by atoms with Gasteiger partial charge in [0.15, 0.2) is 5.16 Å². The second kappa shape index (κ2) is 5.83. The molecule has 2 aromatic heterocycles. The van der Waals surface area contributed by atoms with E-state index in [0.29, 0.717) is 5.16 Å². The molecule has 2 rings (SSSR count). The molecule has 0 saturated carbocycles. The van der Waals surface area contributed by atoms with Crippen LogP contribution in [0.2, 0.25) is 0 Å². The zero-order valence-corrected chi connectivity index (χ0v) is 11.1. The summed E-state index contributed by atoms with van der Waals surface area (Å²) >= 11 is 1.36. The van der Waals surface area contributed by atoms with E-state index in [1.165, 1.54) is 16.3 Å². The Bertz CT molecular complexity index is 560. The summed E-state index contributed by atoms with van der Waals surface area (Å²) in [6.45, 7) is 3.82. The number of H-pyrrole nitrogens is 1. The lowest BCUT2D eigenvalue weighted by molar-refractivity contribution is 0.722. The molecule has 0 aromatic carbocycles. The van der Waals surface area contributed by atoms with E-state index in [1.807, 2.05) is 18.3 Å². The van der Waals surface area contributed by atoms with Gasteiger partial charge in [0, 0.05) is 19.8 Å². The molecule has 0 aliphatic carbocycles. The Kier molecular flexibility index (Phi) is 4.16. The first-order chi connectivity index (χ1) is 8.70. The van der Waals surface area contributed by atoms with Gasteiger partial charge in [-0.05, 0) is 29.9 Å². The molecule has 0 radical (unpaired) electrons. The minimum Gasteiger partial charge on any atom is -0.313 e. The Labute approximate surface area is 109 Å². The fourth-order valence-corrected chi connectivity index (χ4v) is 2.10. The van der Waals surface area contributed by atoms with Crippen molar-refractivity contribution in [3.05, 3.63) is 34.4 Å². The van der Waals surface area contributed by atoms with Crippen LogP contribution in [0.4, 0.5) is 0 Å². The second-order valence-corrected chi connectivity index (χ2v) is 4.74.